The molecule has 4 nitrogen and oxygen atoms in total. The highest BCUT2D eigenvalue weighted by Crippen LogP contribution is 2.23. The van der Waals surface area contributed by atoms with Gasteiger partial charge in [0.2, 0.25) is 11.8 Å². The molecular weight excluding hydrogens is 451 g/mol. The average molecular weight is 481 g/mol. The Morgan fingerprint density at radius 3 is 2.35 bits per heavy atom. The fraction of sp³-hybridized carbons (Fsp3) is 0.417. The Hall–Kier alpha value is -1.69. The molecule has 1 N–H and O–H groups in total. The van der Waals surface area contributed by atoms with Gasteiger partial charge in [-0.05, 0) is 60.9 Å². The molecule has 0 aromatic heterocycles. The summed E-state index contributed by atoms with van der Waals surface area (Å²) in [7, 11) is 0. The summed E-state index contributed by atoms with van der Waals surface area (Å²) in [5.74, 6) is 0.948. The maximum absolute atomic E-state index is 13.1. The second-order valence-corrected chi connectivity index (χ2v) is 9.85. The quantitative estimate of drug-likeness (QED) is 0.314. The first-order valence-corrected chi connectivity index (χ1v) is 12.2. The predicted octanol–water partition coefficient (Wildman–Crippen LogP) is 6.06. The number of rotatable bonds is 11. The van der Waals surface area contributed by atoms with Crippen molar-refractivity contribution in [2.24, 2.45) is 5.92 Å². The van der Waals surface area contributed by atoms with Crippen LogP contribution in [0, 0.1) is 5.92 Å². The third-order valence-electron chi connectivity index (χ3n) is 4.77. The molecule has 2 aromatic rings. The first kappa shape index (κ1) is 25.6. The van der Waals surface area contributed by atoms with E-state index in [1.165, 1.54) is 0 Å². The van der Waals surface area contributed by atoms with E-state index in [0.717, 1.165) is 16.2 Å². The van der Waals surface area contributed by atoms with Crippen LogP contribution in [0.2, 0.25) is 10.0 Å². The van der Waals surface area contributed by atoms with Crippen molar-refractivity contribution in [2.75, 3.05) is 12.3 Å². The van der Waals surface area contributed by atoms with Crippen LogP contribution in [0.1, 0.15) is 39.2 Å². The second-order valence-electron chi connectivity index (χ2n) is 7.83. The van der Waals surface area contributed by atoms with E-state index >= 15 is 0 Å². The normalized spacial score (nSPS) is 11.9. The number of thioether (sulfide) groups is 1. The molecule has 0 bridgehead atoms. The third kappa shape index (κ3) is 8.76. The summed E-state index contributed by atoms with van der Waals surface area (Å²) in [6, 6.07) is 14.5. The predicted molar refractivity (Wildman–Crippen MR) is 131 cm³/mol. The minimum absolute atomic E-state index is 0.0520. The summed E-state index contributed by atoms with van der Waals surface area (Å²) in [6.07, 6.45) is 1.08. The molecule has 2 amide bonds. The molecule has 0 fully saturated rings. The van der Waals surface area contributed by atoms with Crippen molar-refractivity contribution < 1.29 is 9.59 Å². The van der Waals surface area contributed by atoms with Crippen molar-refractivity contribution in [3.63, 3.8) is 0 Å². The Labute approximate surface area is 199 Å². The largest absolute Gasteiger partial charge is 0.354 e. The monoisotopic (exact) mass is 480 g/mol. The van der Waals surface area contributed by atoms with E-state index in [0.29, 0.717) is 41.9 Å². The van der Waals surface area contributed by atoms with Crippen molar-refractivity contribution >= 4 is 46.8 Å². The van der Waals surface area contributed by atoms with E-state index in [1.807, 2.05) is 56.3 Å². The second kappa shape index (κ2) is 13.0. The lowest BCUT2D eigenvalue weighted by Gasteiger charge is -2.29. The van der Waals surface area contributed by atoms with Crippen LogP contribution in [-0.2, 0) is 16.1 Å². The molecule has 1 atom stereocenters. The molecule has 0 saturated heterocycles. The van der Waals surface area contributed by atoms with Crippen LogP contribution in [0.3, 0.4) is 0 Å². The van der Waals surface area contributed by atoms with Crippen LogP contribution < -0.4 is 5.32 Å². The van der Waals surface area contributed by atoms with Crippen molar-refractivity contribution in [2.45, 2.75) is 51.1 Å². The molecule has 168 valence electrons. The van der Waals surface area contributed by atoms with Gasteiger partial charge in [0.25, 0.3) is 0 Å². The molecule has 0 aliphatic carbocycles. The van der Waals surface area contributed by atoms with Gasteiger partial charge in [-0.1, -0.05) is 55.2 Å². The van der Waals surface area contributed by atoms with E-state index in [2.05, 4.69) is 5.32 Å². The van der Waals surface area contributed by atoms with Gasteiger partial charge in [0.15, 0.2) is 0 Å². The summed E-state index contributed by atoms with van der Waals surface area (Å²) in [6.45, 7) is 6.73. The molecule has 2 rings (SSSR count). The zero-order chi connectivity index (χ0) is 22.8. The van der Waals surface area contributed by atoms with Crippen molar-refractivity contribution in [3.05, 3.63) is 64.1 Å². The number of hydrogen-bond donors (Lipinski definition) is 1. The molecule has 0 aliphatic heterocycles. The van der Waals surface area contributed by atoms with Crippen LogP contribution in [-0.4, -0.2) is 35.1 Å². The molecule has 0 aliphatic rings. The number of carbonyl (C=O) groups is 2. The van der Waals surface area contributed by atoms with Crippen molar-refractivity contribution in [1.82, 2.24) is 10.2 Å². The van der Waals surface area contributed by atoms with Gasteiger partial charge in [-0.25, -0.2) is 0 Å². The Morgan fingerprint density at radius 2 is 1.71 bits per heavy atom. The summed E-state index contributed by atoms with van der Waals surface area (Å²) in [4.78, 5) is 28.5. The van der Waals surface area contributed by atoms with Gasteiger partial charge >= 0.3 is 0 Å². The van der Waals surface area contributed by atoms with Gasteiger partial charge in [0, 0.05) is 34.5 Å². The zero-order valence-electron chi connectivity index (χ0n) is 18.2. The van der Waals surface area contributed by atoms with Gasteiger partial charge in [-0.3, -0.25) is 9.59 Å². The maximum atomic E-state index is 13.1. The number of nitrogens with one attached hydrogen (secondary N) is 1. The Kier molecular flexibility index (Phi) is 10.7. The van der Waals surface area contributed by atoms with E-state index in [4.69, 9.17) is 23.2 Å². The molecule has 0 unspecified atom stereocenters. The third-order valence-corrected chi connectivity index (χ3v) is 6.49. The molecule has 2 aromatic carbocycles. The minimum Gasteiger partial charge on any atom is -0.354 e. The van der Waals surface area contributed by atoms with Gasteiger partial charge in [0.1, 0.15) is 6.04 Å². The van der Waals surface area contributed by atoms with Gasteiger partial charge < -0.3 is 10.2 Å². The van der Waals surface area contributed by atoms with E-state index in [-0.39, 0.29) is 11.8 Å². The fourth-order valence-electron chi connectivity index (χ4n) is 2.93. The van der Waals surface area contributed by atoms with Gasteiger partial charge in [-0.2, -0.15) is 0 Å². The van der Waals surface area contributed by atoms with Crippen LogP contribution in [0.5, 0.6) is 0 Å². The number of nitrogens with zero attached hydrogens (tertiary/aromatic N) is 1. The number of benzene rings is 2. The lowest BCUT2D eigenvalue weighted by Crippen LogP contribution is -2.48. The van der Waals surface area contributed by atoms with Gasteiger partial charge in [0.05, 0.1) is 0 Å². The van der Waals surface area contributed by atoms with E-state index in [1.54, 1.807) is 29.7 Å². The van der Waals surface area contributed by atoms with Crippen molar-refractivity contribution in [3.8, 4) is 0 Å². The van der Waals surface area contributed by atoms with Crippen LogP contribution in [0.25, 0.3) is 0 Å². The minimum atomic E-state index is -0.577. The Balaban J connectivity index is 2.00. The topological polar surface area (TPSA) is 49.4 Å². The summed E-state index contributed by atoms with van der Waals surface area (Å²) in [5.41, 5.74) is 0.830. The van der Waals surface area contributed by atoms with Crippen LogP contribution in [0.4, 0.5) is 0 Å². The Bertz CT molecular complexity index is 859. The lowest BCUT2D eigenvalue weighted by atomic mass is 10.1. The standard InChI is InChI=1S/C24H30Cl2N2O2S/c1-17(2)15-27-24(30)18(3)28(16-19-7-4-5-8-22(19)26)23(29)9-6-14-31-21-12-10-20(25)11-13-21/h4-5,7-8,10-13,17-18H,6,9,14-16H2,1-3H3,(H,27,30)/t18-/m0/s1. The summed E-state index contributed by atoms with van der Waals surface area (Å²) < 4.78 is 0. The number of amides is 2. The van der Waals surface area contributed by atoms with Crippen molar-refractivity contribution in [1.29, 1.82) is 0 Å². The highest BCUT2D eigenvalue weighted by molar-refractivity contribution is 7.99. The fourth-order valence-corrected chi connectivity index (χ4v) is 4.11. The molecule has 31 heavy (non-hydrogen) atoms. The van der Waals surface area contributed by atoms with Gasteiger partial charge in [-0.15, -0.1) is 11.8 Å². The molecule has 0 radical (unpaired) electrons. The molecule has 0 heterocycles. The average Bonchev–Trinajstić information content (AvgIpc) is 2.75. The zero-order valence-corrected chi connectivity index (χ0v) is 20.6. The summed E-state index contributed by atoms with van der Waals surface area (Å²) >= 11 is 13.9. The number of halogens is 2. The highest BCUT2D eigenvalue weighted by atomic mass is 35.5. The van der Waals surface area contributed by atoms with E-state index < -0.39 is 6.04 Å². The molecule has 7 heteroatoms. The lowest BCUT2D eigenvalue weighted by molar-refractivity contribution is -0.140. The first-order chi connectivity index (χ1) is 14.8. The molecule has 0 spiro atoms. The van der Waals surface area contributed by atoms with Crippen LogP contribution >= 0.6 is 35.0 Å². The molecule has 0 saturated carbocycles. The number of carbonyl (C=O) groups excluding carboxylic acids is 2. The summed E-state index contributed by atoms with van der Waals surface area (Å²) in [5, 5.41) is 4.23. The number of hydrogen-bond acceptors (Lipinski definition) is 3. The maximum Gasteiger partial charge on any atom is 0.242 e. The van der Waals surface area contributed by atoms with Crippen LogP contribution in [0.15, 0.2) is 53.4 Å². The Morgan fingerprint density at radius 1 is 1.03 bits per heavy atom. The molecular formula is C24H30Cl2N2O2S. The smallest absolute Gasteiger partial charge is 0.242 e. The highest BCUT2D eigenvalue weighted by Gasteiger charge is 2.26. The van der Waals surface area contributed by atoms with E-state index in [9.17, 15) is 9.59 Å². The SMILES string of the molecule is CC(C)CNC(=O)[C@H](C)N(Cc1ccccc1Cl)C(=O)CCCSc1ccc(Cl)cc1. The first-order valence-electron chi connectivity index (χ1n) is 10.5.